The van der Waals surface area contributed by atoms with Gasteiger partial charge in [-0.2, -0.15) is 0 Å². The minimum Gasteiger partial charge on any atom is -0.339 e. The topological polar surface area (TPSA) is 46.3 Å². The highest BCUT2D eigenvalue weighted by Gasteiger charge is 2.34. The molecule has 0 radical (unpaired) electrons. The molecular formula is C11H20N2O. The molecule has 0 aromatic rings. The number of nitrogens with zero attached hydrogens (tertiary/aromatic N) is 1. The van der Waals surface area contributed by atoms with Gasteiger partial charge in [0.15, 0.2) is 0 Å². The summed E-state index contributed by atoms with van der Waals surface area (Å²) in [5.41, 5.74) is 6.03. The number of piperidine rings is 1. The van der Waals surface area contributed by atoms with Crippen LogP contribution in [0.2, 0.25) is 0 Å². The third-order valence-electron chi connectivity index (χ3n) is 2.93. The molecule has 1 rings (SSSR count). The van der Waals surface area contributed by atoms with E-state index in [9.17, 15) is 4.79 Å². The molecule has 1 fully saturated rings. The molecule has 1 atom stereocenters. The lowest BCUT2D eigenvalue weighted by atomic mass is 9.79. The summed E-state index contributed by atoms with van der Waals surface area (Å²) >= 11 is 0. The second kappa shape index (κ2) is 4.13. The molecule has 3 nitrogen and oxygen atoms in total. The van der Waals surface area contributed by atoms with E-state index in [1.807, 2.05) is 11.8 Å². The fourth-order valence-corrected chi connectivity index (χ4v) is 1.81. The molecule has 0 aliphatic carbocycles. The smallest absolute Gasteiger partial charge is 0.246 e. The van der Waals surface area contributed by atoms with Gasteiger partial charge in [-0.1, -0.05) is 19.9 Å². The average molecular weight is 196 g/mol. The molecule has 3 heteroatoms. The molecule has 0 bridgehead atoms. The lowest BCUT2D eigenvalue weighted by Gasteiger charge is -2.42. The van der Waals surface area contributed by atoms with E-state index in [1.54, 1.807) is 12.2 Å². The predicted molar refractivity (Wildman–Crippen MR) is 57.8 cm³/mol. The summed E-state index contributed by atoms with van der Waals surface area (Å²) in [5.74, 6) is 0.104. The Morgan fingerprint density at radius 1 is 1.57 bits per heavy atom. The van der Waals surface area contributed by atoms with Gasteiger partial charge in [-0.25, -0.2) is 0 Å². The van der Waals surface area contributed by atoms with Crippen molar-refractivity contribution in [1.29, 1.82) is 0 Å². The maximum Gasteiger partial charge on any atom is 0.246 e. The van der Waals surface area contributed by atoms with Crippen molar-refractivity contribution >= 4 is 5.91 Å². The first kappa shape index (κ1) is 11.2. The van der Waals surface area contributed by atoms with Crippen LogP contribution in [0.5, 0.6) is 0 Å². The molecule has 80 valence electrons. The maximum atomic E-state index is 11.6. The number of carbonyl (C=O) groups excluding carboxylic acids is 1. The number of hydrogen-bond acceptors (Lipinski definition) is 2. The van der Waals surface area contributed by atoms with E-state index < -0.39 is 0 Å². The van der Waals surface area contributed by atoms with E-state index >= 15 is 0 Å². The van der Waals surface area contributed by atoms with Crippen molar-refractivity contribution in [2.45, 2.75) is 33.2 Å². The highest BCUT2D eigenvalue weighted by molar-refractivity contribution is 5.87. The zero-order valence-corrected chi connectivity index (χ0v) is 9.29. The lowest BCUT2D eigenvalue weighted by Crippen LogP contribution is -2.53. The second-order valence-electron chi connectivity index (χ2n) is 4.64. The normalized spacial score (nSPS) is 26.9. The van der Waals surface area contributed by atoms with E-state index in [2.05, 4.69) is 13.8 Å². The van der Waals surface area contributed by atoms with E-state index in [1.165, 1.54) is 0 Å². The highest BCUT2D eigenvalue weighted by atomic mass is 16.2. The van der Waals surface area contributed by atoms with Gasteiger partial charge in [0.05, 0.1) is 0 Å². The van der Waals surface area contributed by atoms with Crippen molar-refractivity contribution in [3.8, 4) is 0 Å². The third kappa shape index (κ3) is 2.35. The number of nitrogens with two attached hydrogens (primary N) is 1. The van der Waals surface area contributed by atoms with Crippen LogP contribution in [0, 0.1) is 5.41 Å². The van der Waals surface area contributed by atoms with Crippen LogP contribution in [-0.4, -0.2) is 29.9 Å². The van der Waals surface area contributed by atoms with E-state index in [0.29, 0.717) is 0 Å². The zero-order chi connectivity index (χ0) is 10.8. The van der Waals surface area contributed by atoms with Crippen molar-refractivity contribution < 1.29 is 4.79 Å². The molecule has 14 heavy (non-hydrogen) atoms. The summed E-state index contributed by atoms with van der Waals surface area (Å²) in [7, 11) is 0. The quantitative estimate of drug-likeness (QED) is 0.639. The first-order chi connectivity index (χ1) is 6.47. The molecule has 0 aromatic carbocycles. The molecule has 0 spiro atoms. The van der Waals surface area contributed by atoms with Crippen LogP contribution in [-0.2, 0) is 4.79 Å². The summed E-state index contributed by atoms with van der Waals surface area (Å²) in [6, 6.07) is 0.206. The minimum absolute atomic E-state index is 0.0372. The van der Waals surface area contributed by atoms with Crippen molar-refractivity contribution in [1.82, 2.24) is 4.90 Å². The Morgan fingerprint density at radius 2 is 2.21 bits per heavy atom. The van der Waals surface area contributed by atoms with Crippen LogP contribution in [0.1, 0.15) is 27.2 Å². The lowest BCUT2D eigenvalue weighted by molar-refractivity contribution is -0.129. The minimum atomic E-state index is 0.0372. The molecule has 1 heterocycles. The van der Waals surface area contributed by atoms with Gasteiger partial charge in [-0.3, -0.25) is 4.79 Å². The molecule has 2 N–H and O–H groups in total. The van der Waals surface area contributed by atoms with Gasteiger partial charge >= 0.3 is 0 Å². The Labute approximate surface area is 86.0 Å². The average Bonchev–Trinajstić information content (AvgIpc) is 2.10. The summed E-state index contributed by atoms with van der Waals surface area (Å²) in [6.07, 6.45) is 4.30. The summed E-state index contributed by atoms with van der Waals surface area (Å²) in [4.78, 5) is 13.5. The summed E-state index contributed by atoms with van der Waals surface area (Å²) in [6.45, 7) is 7.64. The van der Waals surface area contributed by atoms with Gasteiger partial charge in [0.25, 0.3) is 0 Å². The van der Waals surface area contributed by atoms with E-state index in [-0.39, 0.29) is 17.4 Å². The van der Waals surface area contributed by atoms with E-state index in [4.69, 9.17) is 5.73 Å². The molecule has 0 saturated carbocycles. The largest absolute Gasteiger partial charge is 0.339 e. The monoisotopic (exact) mass is 196 g/mol. The number of carbonyl (C=O) groups is 1. The van der Waals surface area contributed by atoms with Crippen molar-refractivity contribution in [3.05, 3.63) is 12.2 Å². The van der Waals surface area contributed by atoms with Crippen LogP contribution in [0.4, 0.5) is 0 Å². The maximum absolute atomic E-state index is 11.6. The number of allylic oxidation sites excluding steroid dienone is 1. The number of likely N-dealkylation sites (tertiary alicyclic amines) is 1. The fourth-order valence-electron chi connectivity index (χ4n) is 1.81. The Kier molecular flexibility index (Phi) is 3.32. The molecule has 1 aliphatic heterocycles. The van der Waals surface area contributed by atoms with Crippen molar-refractivity contribution in [2.75, 3.05) is 13.1 Å². The van der Waals surface area contributed by atoms with Crippen LogP contribution in [0.25, 0.3) is 0 Å². The van der Waals surface area contributed by atoms with Gasteiger partial charge in [-0.15, -0.1) is 0 Å². The molecule has 1 aliphatic rings. The molecule has 1 amide bonds. The Balaban J connectivity index is 2.64. The third-order valence-corrected chi connectivity index (χ3v) is 2.93. The Morgan fingerprint density at radius 3 is 2.71 bits per heavy atom. The van der Waals surface area contributed by atoms with Crippen LogP contribution in [0.3, 0.4) is 0 Å². The van der Waals surface area contributed by atoms with Crippen LogP contribution in [0.15, 0.2) is 12.2 Å². The Hall–Kier alpha value is -0.830. The van der Waals surface area contributed by atoms with Crippen molar-refractivity contribution in [3.63, 3.8) is 0 Å². The SMILES string of the molecule is C/C=C/C(=O)N1CCC(N)C(C)(C)C1. The zero-order valence-electron chi connectivity index (χ0n) is 9.29. The second-order valence-corrected chi connectivity index (χ2v) is 4.64. The van der Waals surface area contributed by atoms with Gasteiger partial charge in [0, 0.05) is 19.1 Å². The van der Waals surface area contributed by atoms with E-state index in [0.717, 1.165) is 19.5 Å². The van der Waals surface area contributed by atoms with Crippen LogP contribution < -0.4 is 5.73 Å². The first-order valence-electron chi connectivity index (χ1n) is 5.14. The Bertz CT molecular complexity index is 246. The fraction of sp³-hybridized carbons (Fsp3) is 0.727. The van der Waals surface area contributed by atoms with Crippen LogP contribution >= 0.6 is 0 Å². The molecule has 0 aromatic heterocycles. The molecule has 1 saturated heterocycles. The predicted octanol–water partition coefficient (Wildman–Crippen LogP) is 1.15. The standard InChI is InChI=1S/C11H20N2O/c1-4-5-10(14)13-7-6-9(12)11(2,3)8-13/h4-5,9H,6-8,12H2,1-3H3/b5-4+. The molecular weight excluding hydrogens is 176 g/mol. The highest BCUT2D eigenvalue weighted by Crippen LogP contribution is 2.27. The number of rotatable bonds is 1. The van der Waals surface area contributed by atoms with Gasteiger partial charge in [0.2, 0.25) is 5.91 Å². The van der Waals surface area contributed by atoms with Crippen molar-refractivity contribution in [2.24, 2.45) is 11.1 Å². The summed E-state index contributed by atoms with van der Waals surface area (Å²) < 4.78 is 0. The summed E-state index contributed by atoms with van der Waals surface area (Å²) in [5, 5.41) is 0. The molecule has 1 unspecified atom stereocenters. The van der Waals surface area contributed by atoms with Gasteiger partial charge < -0.3 is 10.6 Å². The first-order valence-corrected chi connectivity index (χ1v) is 5.14. The van der Waals surface area contributed by atoms with Gasteiger partial charge in [-0.05, 0) is 24.8 Å². The number of amides is 1. The van der Waals surface area contributed by atoms with Gasteiger partial charge in [0.1, 0.15) is 0 Å². The number of hydrogen-bond donors (Lipinski definition) is 1.